The van der Waals surface area contributed by atoms with Crippen molar-refractivity contribution in [3.8, 4) is 0 Å². The topological polar surface area (TPSA) is 101 Å². The highest BCUT2D eigenvalue weighted by atomic mass is 35.5. The van der Waals surface area contributed by atoms with E-state index >= 15 is 0 Å². The lowest BCUT2D eigenvalue weighted by Crippen LogP contribution is -2.41. The maximum Gasteiger partial charge on any atom is 0.234 e. The van der Waals surface area contributed by atoms with Crippen LogP contribution in [0.1, 0.15) is 49.4 Å². The molecule has 2 aromatic rings. The van der Waals surface area contributed by atoms with E-state index in [1.165, 1.54) is 6.33 Å². The Balaban J connectivity index is 1.75. The number of nitrogens with zero attached hydrogens (tertiary/aromatic N) is 2. The zero-order chi connectivity index (χ0) is 22.1. The smallest absolute Gasteiger partial charge is 0.234 e. The summed E-state index contributed by atoms with van der Waals surface area (Å²) in [5.41, 5.74) is -0.192. The highest BCUT2D eigenvalue weighted by molar-refractivity contribution is 6.36. The number of hydrogen-bond acceptors (Lipinski definition) is 5. The zero-order valence-electron chi connectivity index (χ0n) is 16.3. The second kappa shape index (κ2) is 8.65. The zero-order valence-corrected chi connectivity index (χ0v) is 17.8. The number of imide groups is 1. The molecule has 1 aliphatic heterocycles. The number of halogens is 3. The largest absolute Gasteiger partial charge is 0.351 e. The van der Waals surface area contributed by atoms with Crippen LogP contribution in [0.25, 0.3) is 0 Å². The molecule has 30 heavy (non-hydrogen) atoms. The number of carbonyl (C=O) groups excluding carboxylic acids is 3. The number of amides is 3. The summed E-state index contributed by atoms with van der Waals surface area (Å²) < 4.78 is 14.0. The third kappa shape index (κ3) is 4.44. The Hall–Kier alpha value is -2.58. The van der Waals surface area contributed by atoms with E-state index in [4.69, 9.17) is 23.2 Å². The standard InChI is InChI=1S/C20H19Cl2FN4O3/c1-20(2,17-14(23)8-24-9-26-17)19(30)25-7-10-5-12(21)16(13(22)6-10)11-3-4-15(28)27-18(11)29/h5-6,8-9,11H,3-4,7H2,1-2H3,(H,25,30)(H,27,28,29). The molecule has 0 radical (unpaired) electrons. The maximum atomic E-state index is 14.0. The van der Waals surface area contributed by atoms with Gasteiger partial charge in [0, 0.05) is 28.6 Å². The number of rotatable bonds is 5. The van der Waals surface area contributed by atoms with E-state index in [-0.39, 0.29) is 34.6 Å². The fraction of sp³-hybridized carbons (Fsp3) is 0.350. The van der Waals surface area contributed by atoms with E-state index < -0.39 is 29.0 Å². The van der Waals surface area contributed by atoms with Crippen LogP contribution in [0.3, 0.4) is 0 Å². The molecule has 158 valence electrons. The number of carbonyl (C=O) groups is 3. The second-order valence-corrected chi connectivity index (χ2v) is 8.32. The molecule has 1 aromatic heterocycles. The Labute approximate surface area is 182 Å². The third-order valence-electron chi connectivity index (χ3n) is 5.01. The summed E-state index contributed by atoms with van der Waals surface area (Å²) in [6, 6.07) is 3.20. The van der Waals surface area contributed by atoms with Gasteiger partial charge in [-0.2, -0.15) is 0 Å². The molecule has 0 spiro atoms. The van der Waals surface area contributed by atoms with Gasteiger partial charge >= 0.3 is 0 Å². The van der Waals surface area contributed by atoms with Gasteiger partial charge in [0.25, 0.3) is 0 Å². The van der Waals surface area contributed by atoms with Gasteiger partial charge in [-0.05, 0) is 38.0 Å². The molecule has 1 aliphatic rings. The van der Waals surface area contributed by atoms with Gasteiger partial charge in [0.15, 0.2) is 5.82 Å². The van der Waals surface area contributed by atoms with E-state index in [2.05, 4.69) is 20.6 Å². The Morgan fingerprint density at radius 2 is 1.97 bits per heavy atom. The molecule has 2 N–H and O–H groups in total. The first-order valence-corrected chi connectivity index (χ1v) is 9.92. The summed E-state index contributed by atoms with van der Waals surface area (Å²) in [4.78, 5) is 43.6. The lowest BCUT2D eigenvalue weighted by Gasteiger charge is -2.24. The van der Waals surface area contributed by atoms with Gasteiger partial charge in [-0.25, -0.2) is 14.4 Å². The van der Waals surface area contributed by atoms with Crippen molar-refractivity contribution < 1.29 is 18.8 Å². The van der Waals surface area contributed by atoms with Gasteiger partial charge in [-0.15, -0.1) is 0 Å². The summed E-state index contributed by atoms with van der Waals surface area (Å²) in [6.45, 7) is 3.20. The van der Waals surface area contributed by atoms with Crippen molar-refractivity contribution in [1.29, 1.82) is 0 Å². The van der Waals surface area contributed by atoms with Gasteiger partial charge in [0.1, 0.15) is 6.33 Å². The Kier molecular flexibility index (Phi) is 6.38. The summed E-state index contributed by atoms with van der Waals surface area (Å²) in [5, 5.41) is 5.54. The highest BCUT2D eigenvalue weighted by Gasteiger charge is 2.34. The van der Waals surface area contributed by atoms with Crippen LogP contribution in [-0.2, 0) is 26.3 Å². The molecule has 10 heteroatoms. The van der Waals surface area contributed by atoms with Crippen LogP contribution in [0.5, 0.6) is 0 Å². The summed E-state index contributed by atoms with van der Waals surface area (Å²) in [6.07, 6.45) is 2.71. The molecule has 3 rings (SSSR count). The third-order valence-corrected chi connectivity index (χ3v) is 5.63. The fourth-order valence-corrected chi connectivity index (χ4v) is 4.12. The van der Waals surface area contributed by atoms with Crippen molar-refractivity contribution >= 4 is 40.9 Å². The molecule has 1 aromatic carbocycles. The Morgan fingerprint density at radius 1 is 1.30 bits per heavy atom. The molecule has 0 aliphatic carbocycles. The molecule has 7 nitrogen and oxygen atoms in total. The lowest BCUT2D eigenvalue weighted by molar-refractivity contribution is -0.134. The van der Waals surface area contributed by atoms with Gasteiger partial charge in [0.05, 0.1) is 23.2 Å². The summed E-state index contributed by atoms with van der Waals surface area (Å²) >= 11 is 12.7. The van der Waals surface area contributed by atoms with Gasteiger partial charge in [-0.3, -0.25) is 19.7 Å². The number of hydrogen-bond donors (Lipinski definition) is 2. The van der Waals surface area contributed by atoms with Crippen molar-refractivity contribution in [2.24, 2.45) is 0 Å². The van der Waals surface area contributed by atoms with Crippen molar-refractivity contribution in [2.75, 3.05) is 0 Å². The van der Waals surface area contributed by atoms with E-state index in [1.807, 2.05) is 0 Å². The Morgan fingerprint density at radius 3 is 2.57 bits per heavy atom. The first kappa shape index (κ1) is 22.1. The number of aromatic nitrogens is 2. The molecule has 0 saturated carbocycles. The van der Waals surface area contributed by atoms with Gasteiger partial charge in [0.2, 0.25) is 17.7 Å². The SMILES string of the molecule is CC(C)(C(=O)NCc1cc(Cl)c(C2CCC(=O)NC2=O)c(Cl)c1)c1ncncc1F. The lowest BCUT2D eigenvalue weighted by atomic mass is 9.87. The van der Waals surface area contributed by atoms with Crippen LogP contribution < -0.4 is 10.6 Å². The van der Waals surface area contributed by atoms with Crippen LogP contribution >= 0.6 is 23.2 Å². The van der Waals surface area contributed by atoms with E-state index in [0.29, 0.717) is 17.5 Å². The molecular weight excluding hydrogens is 434 g/mol. The predicted octanol–water partition coefficient (Wildman–Crippen LogP) is 3.04. The minimum atomic E-state index is -1.23. The van der Waals surface area contributed by atoms with E-state index in [9.17, 15) is 18.8 Å². The molecule has 3 amide bonds. The van der Waals surface area contributed by atoms with Gasteiger partial charge in [-0.1, -0.05) is 23.2 Å². The molecule has 0 bridgehead atoms. The minimum absolute atomic E-state index is 0.0146. The van der Waals surface area contributed by atoms with Crippen LogP contribution in [0, 0.1) is 5.82 Å². The van der Waals surface area contributed by atoms with Gasteiger partial charge < -0.3 is 5.32 Å². The maximum absolute atomic E-state index is 14.0. The van der Waals surface area contributed by atoms with Crippen LogP contribution in [-0.4, -0.2) is 27.7 Å². The van der Waals surface area contributed by atoms with E-state index in [0.717, 1.165) is 6.20 Å². The quantitative estimate of drug-likeness (QED) is 0.678. The minimum Gasteiger partial charge on any atom is -0.351 e. The van der Waals surface area contributed by atoms with Crippen molar-refractivity contribution in [3.63, 3.8) is 0 Å². The number of piperidine rings is 1. The first-order chi connectivity index (χ1) is 14.1. The first-order valence-electron chi connectivity index (χ1n) is 9.17. The van der Waals surface area contributed by atoms with Crippen LogP contribution in [0.15, 0.2) is 24.7 Å². The predicted molar refractivity (Wildman–Crippen MR) is 108 cm³/mol. The average molecular weight is 453 g/mol. The number of nitrogens with one attached hydrogen (secondary N) is 2. The summed E-state index contributed by atoms with van der Waals surface area (Å²) in [7, 11) is 0. The van der Waals surface area contributed by atoms with Crippen molar-refractivity contribution in [1.82, 2.24) is 20.6 Å². The van der Waals surface area contributed by atoms with E-state index in [1.54, 1.807) is 26.0 Å². The summed E-state index contributed by atoms with van der Waals surface area (Å²) in [5.74, 6) is -2.50. The molecule has 1 atom stereocenters. The van der Waals surface area contributed by atoms with Crippen molar-refractivity contribution in [3.05, 3.63) is 57.3 Å². The normalized spacial score (nSPS) is 16.9. The second-order valence-electron chi connectivity index (χ2n) is 7.50. The fourth-order valence-electron chi connectivity index (χ4n) is 3.32. The molecule has 1 fully saturated rings. The highest BCUT2D eigenvalue weighted by Crippen LogP contribution is 2.37. The van der Waals surface area contributed by atoms with Crippen molar-refractivity contribution in [2.45, 2.75) is 44.6 Å². The molecule has 2 heterocycles. The molecule has 1 saturated heterocycles. The molecular formula is C20H19Cl2FN4O3. The number of benzene rings is 1. The molecule has 1 unspecified atom stereocenters. The van der Waals surface area contributed by atoms with Crippen LogP contribution in [0.2, 0.25) is 10.0 Å². The Bertz CT molecular complexity index is 1010. The monoisotopic (exact) mass is 452 g/mol. The van der Waals surface area contributed by atoms with Crippen LogP contribution in [0.4, 0.5) is 4.39 Å². The average Bonchev–Trinajstić information content (AvgIpc) is 2.67.